The molecule has 26 heavy (non-hydrogen) atoms. The van der Waals surface area contributed by atoms with Crippen molar-refractivity contribution in [2.45, 2.75) is 0 Å². The maximum absolute atomic E-state index is 13.5. The molecular weight excluding hydrogens is 335 g/mol. The first-order valence-electron chi connectivity index (χ1n) is 7.81. The van der Waals surface area contributed by atoms with Crippen molar-refractivity contribution >= 4 is 0 Å². The molecule has 0 unspecified atom stereocenters. The lowest BCUT2D eigenvalue weighted by Gasteiger charge is -2.10. The van der Waals surface area contributed by atoms with E-state index >= 15 is 0 Å². The monoisotopic (exact) mass is 348 g/mol. The third-order valence-corrected chi connectivity index (χ3v) is 3.86. The van der Waals surface area contributed by atoms with Crippen LogP contribution in [0.15, 0.2) is 77.9 Å². The Morgan fingerprint density at radius 1 is 0.962 bits per heavy atom. The Bertz CT molecular complexity index is 1130. The van der Waals surface area contributed by atoms with E-state index in [-0.39, 0.29) is 16.9 Å². The van der Waals surface area contributed by atoms with E-state index in [9.17, 15) is 14.3 Å². The number of halogens is 1. The average molecular weight is 348 g/mol. The molecule has 4 rings (SSSR count). The zero-order valence-corrected chi connectivity index (χ0v) is 13.5. The van der Waals surface area contributed by atoms with Gasteiger partial charge in [0.05, 0.1) is 23.3 Å². The number of hydrogen-bond donors (Lipinski definition) is 1. The van der Waals surface area contributed by atoms with Gasteiger partial charge in [-0.1, -0.05) is 6.07 Å². The van der Waals surface area contributed by atoms with Crippen LogP contribution < -0.4 is 5.43 Å². The van der Waals surface area contributed by atoms with Crippen LogP contribution in [0, 0.1) is 5.82 Å². The molecule has 0 spiro atoms. The highest BCUT2D eigenvalue weighted by Crippen LogP contribution is 2.19. The summed E-state index contributed by atoms with van der Waals surface area (Å²) in [5.74, 6) is -0.259. The zero-order valence-electron chi connectivity index (χ0n) is 13.5. The first kappa shape index (κ1) is 15.8. The number of phenolic OH excluding ortho intramolecular Hbond substituents is 1. The van der Waals surface area contributed by atoms with Crippen LogP contribution in [0.5, 0.6) is 5.75 Å². The van der Waals surface area contributed by atoms with Crippen molar-refractivity contribution in [2.24, 2.45) is 0 Å². The lowest BCUT2D eigenvalue weighted by atomic mass is 10.2. The summed E-state index contributed by atoms with van der Waals surface area (Å²) in [5.41, 5.74) is 1.53. The van der Waals surface area contributed by atoms with Gasteiger partial charge in [0.2, 0.25) is 5.43 Å². The van der Waals surface area contributed by atoms with Crippen molar-refractivity contribution in [1.29, 1.82) is 0 Å². The normalized spacial score (nSPS) is 10.8. The number of aromatic nitrogens is 4. The molecule has 0 atom stereocenters. The molecule has 0 aliphatic rings. The van der Waals surface area contributed by atoms with E-state index in [1.165, 1.54) is 45.9 Å². The highest BCUT2D eigenvalue weighted by atomic mass is 19.1. The van der Waals surface area contributed by atoms with Crippen LogP contribution in [-0.4, -0.2) is 24.7 Å². The minimum Gasteiger partial charge on any atom is -0.508 e. The molecule has 0 saturated carbocycles. The number of rotatable bonds is 3. The molecule has 0 fully saturated rings. The Balaban J connectivity index is 1.85. The van der Waals surface area contributed by atoms with Crippen LogP contribution >= 0.6 is 0 Å². The van der Waals surface area contributed by atoms with Crippen LogP contribution in [0.25, 0.3) is 22.8 Å². The van der Waals surface area contributed by atoms with Crippen molar-refractivity contribution in [2.75, 3.05) is 0 Å². The second-order valence-electron chi connectivity index (χ2n) is 5.60. The van der Waals surface area contributed by atoms with Gasteiger partial charge in [0.1, 0.15) is 11.6 Å². The molecule has 128 valence electrons. The van der Waals surface area contributed by atoms with Gasteiger partial charge in [-0.25, -0.2) is 13.8 Å². The summed E-state index contributed by atoms with van der Waals surface area (Å²) in [5, 5.41) is 18.0. The first-order valence-corrected chi connectivity index (χ1v) is 7.81. The fraction of sp³-hybridized carbons (Fsp3) is 0. The van der Waals surface area contributed by atoms with E-state index in [0.717, 1.165) is 0 Å². The minimum atomic E-state index is -0.397. The first-order chi connectivity index (χ1) is 12.6. The molecule has 1 N–H and O–H groups in total. The van der Waals surface area contributed by atoms with Crippen LogP contribution in [0.4, 0.5) is 4.39 Å². The molecule has 0 saturated heterocycles. The topological polar surface area (TPSA) is 72.9 Å². The summed E-state index contributed by atoms with van der Waals surface area (Å²) in [7, 11) is 0. The number of nitrogens with zero attached hydrogens (tertiary/aromatic N) is 4. The smallest absolute Gasteiger partial charge is 0.209 e. The molecule has 2 aromatic carbocycles. The maximum atomic E-state index is 13.5. The molecule has 0 aliphatic heterocycles. The van der Waals surface area contributed by atoms with Gasteiger partial charge < -0.3 is 5.11 Å². The summed E-state index contributed by atoms with van der Waals surface area (Å²) < 4.78 is 16.5. The van der Waals surface area contributed by atoms with Gasteiger partial charge in [-0.3, -0.25) is 4.79 Å². The minimum absolute atomic E-state index is 0.138. The zero-order chi connectivity index (χ0) is 18.1. The molecule has 0 aliphatic carbocycles. The fourth-order valence-corrected chi connectivity index (χ4v) is 2.63. The molecule has 2 heterocycles. The molecule has 6 nitrogen and oxygen atoms in total. The summed E-state index contributed by atoms with van der Waals surface area (Å²) in [6.07, 6.45) is 3.07. The van der Waals surface area contributed by atoms with Crippen LogP contribution in [0.3, 0.4) is 0 Å². The molecule has 0 radical (unpaired) electrons. The van der Waals surface area contributed by atoms with E-state index in [0.29, 0.717) is 17.1 Å². The Hall–Kier alpha value is -3.74. The molecule has 7 heteroatoms. The van der Waals surface area contributed by atoms with Gasteiger partial charge in [-0.2, -0.15) is 10.2 Å². The van der Waals surface area contributed by atoms with Crippen molar-refractivity contribution in [3.8, 4) is 28.5 Å². The van der Waals surface area contributed by atoms with Gasteiger partial charge in [0.25, 0.3) is 0 Å². The second-order valence-corrected chi connectivity index (χ2v) is 5.60. The van der Waals surface area contributed by atoms with E-state index in [1.807, 2.05) is 0 Å². The fourth-order valence-electron chi connectivity index (χ4n) is 2.63. The van der Waals surface area contributed by atoms with E-state index in [2.05, 4.69) is 10.2 Å². The largest absolute Gasteiger partial charge is 0.508 e. The molecule has 0 amide bonds. The van der Waals surface area contributed by atoms with Crippen LogP contribution in [0.1, 0.15) is 0 Å². The van der Waals surface area contributed by atoms with Crippen molar-refractivity contribution < 1.29 is 9.50 Å². The van der Waals surface area contributed by atoms with E-state index < -0.39 is 5.82 Å². The van der Waals surface area contributed by atoms with Crippen molar-refractivity contribution in [1.82, 2.24) is 19.6 Å². The lowest BCUT2D eigenvalue weighted by molar-refractivity contribution is 0.475. The average Bonchev–Trinajstić information content (AvgIpc) is 3.12. The van der Waals surface area contributed by atoms with Gasteiger partial charge >= 0.3 is 0 Å². The molecule has 2 aromatic heterocycles. The predicted octanol–water partition coefficient (Wildman–Crippen LogP) is 2.93. The van der Waals surface area contributed by atoms with E-state index in [4.69, 9.17) is 0 Å². The number of benzene rings is 2. The number of aromatic hydroxyl groups is 1. The standard InChI is InChI=1S/C19H13FN4O2/c20-13-2-1-3-15(12-13)24-17(8-10-21-24)19-18(26)9-11-23(22-19)14-4-6-16(25)7-5-14/h1-12,25H. The highest BCUT2D eigenvalue weighted by molar-refractivity contribution is 5.57. The summed E-state index contributed by atoms with van der Waals surface area (Å²) in [6.45, 7) is 0. The van der Waals surface area contributed by atoms with Gasteiger partial charge in [-0.05, 0) is 48.5 Å². The van der Waals surface area contributed by atoms with Gasteiger partial charge in [-0.15, -0.1) is 0 Å². The lowest BCUT2D eigenvalue weighted by Crippen LogP contribution is -2.14. The van der Waals surface area contributed by atoms with Crippen molar-refractivity contribution in [3.05, 3.63) is 89.1 Å². The second kappa shape index (κ2) is 6.29. The van der Waals surface area contributed by atoms with Gasteiger partial charge in [0.15, 0.2) is 5.69 Å². The Morgan fingerprint density at radius 3 is 2.54 bits per heavy atom. The predicted molar refractivity (Wildman–Crippen MR) is 94.0 cm³/mol. The van der Waals surface area contributed by atoms with Crippen molar-refractivity contribution in [3.63, 3.8) is 0 Å². The SMILES string of the molecule is O=c1ccn(-c2ccc(O)cc2)nc1-c1ccnn1-c1cccc(F)c1. The third kappa shape index (κ3) is 2.86. The Kier molecular flexibility index (Phi) is 3.81. The summed E-state index contributed by atoms with van der Waals surface area (Å²) in [6, 6.07) is 15.4. The third-order valence-electron chi connectivity index (χ3n) is 3.86. The van der Waals surface area contributed by atoms with Crippen LogP contribution in [-0.2, 0) is 0 Å². The maximum Gasteiger partial charge on any atom is 0.209 e. The van der Waals surface area contributed by atoms with Crippen LogP contribution in [0.2, 0.25) is 0 Å². The molecule has 4 aromatic rings. The van der Waals surface area contributed by atoms with Gasteiger partial charge in [0, 0.05) is 12.3 Å². The highest BCUT2D eigenvalue weighted by Gasteiger charge is 2.14. The number of phenols is 1. The quantitative estimate of drug-likeness (QED) is 0.618. The Morgan fingerprint density at radius 2 is 1.77 bits per heavy atom. The summed E-state index contributed by atoms with van der Waals surface area (Å²) in [4.78, 5) is 12.4. The summed E-state index contributed by atoms with van der Waals surface area (Å²) >= 11 is 0. The van der Waals surface area contributed by atoms with E-state index in [1.54, 1.807) is 36.5 Å². The Labute approximate surface area is 147 Å². The molecule has 0 bridgehead atoms. The number of hydrogen-bond acceptors (Lipinski definition) is 4. The molecular formula is C19H13FN4O2.